The summed E-state index contributed by atoms with van der Waals surface area (Å²) < 4.78 is 21.8. The molecular formula is C30H28N4O6S. The lowest BCUT2D eigenvalue weighted by molar-refractivity contribution is -0.119. The first-order chi connectivity index (χ1) is 19.9. The predicted molar refractivity (Wildman–Crippen MR) is 157 cm³/mol. The van der Waals surface area contributed by atoms with E-state index in [0.29, 0.717) is 44.9 Å². The second-order valence-electron chi connectivity index (χ2n) is 9.10. The number of esters is 1. The number of nitrogens with zero attached hydrogens (tertiary/aromatic N) is 2. The number of aromatic nitrogens is 1. The quantitative estimate of drug-likeness (QED) is 0.212. The molecular weight excluding hydrogens is 544 g/mol. The van der Waals surface area contributed by atoms with Crippen molar-refractivity contribution in [1.82, 2.24) is 10.3 Å². The van der Waals surface area contributed by atoms with Crippen LogP contribution in [0, 0.1) is 0 Å². The molecule has 1 saturated heterocycles. The first-order valence-corrected chi connectivity index (χ1v) is 13.1. The highest BCUT2D eigenvalue weighted by molar-refractivity contribution is 7.80. The van der Waals surface area contributed by atoms with E-state index in [4.69, 9.17) is 30.8 Å². The molecule has 1 aliphatic heterocycles. The largest absolute Gasteiger partial charge is 0.495 e. The third-order valence-corrected chi connectivity index (χ3v) is 6.94. The van der Waals surface area contributed by atoms with Crippen LogP contribution in [-0.2, 0) is 14.3 Å². The van der Waals surface area contributed by atoms with Crippen molar-refractivity contribution in [3.05, 3.63) is 96.0 Å². The van der Waals surface area contributed by atoms with E-state index in [-0.39, 0.29) is 18.6 Å². The molecule has 0 saturated carbocycles. The fourth-order valence-electron chi connectivity index (χ4n) is 4.83. The Morgan fingerprint density at radius 3 is 2.59 bits per heavy atom. The van der Waals surface area contributed by atoms with E-state index in [2.05, 4.69) is 15.6 Å². The molecule has 210 valence electrons. The number of carbonyl (C=O) groups excluding carboxylic acids is 2. The van der Waals surface area contributed by atoms with Crippen molar-refractivity contribution in [1.29, 1.82) is 0 Å². The highest BCUT2D eigenvalue weighted by Gasteiger charge is 2.43. The average Bonchev–Trinajstić information content (AvgIpc) is 3.62. The Kier molecular flexibility index (Phi) is 8.27. The van der Waals surface area contributed by atoms with Gasteiger partial charge in [-0.2, -0.15) is 0 Å². The molecule has 0 spiro atoms. The maximum Gasteiger partial charge on any atom is 0.338 e. The van der Waals surface area contributed by atoms with Gasteiger partial charge in [0.15, 0.2) is 5.11 Å². The summed E-state index contributed by atoms with van der Waals surface area (Å²) in [5.41, 5.74) is 2.90. The molecule has 2 aromatic carbocycles. The van der Waals surface area contributed by atoms with Crippen LogP contribution in [0.1, 0.15) is 33.9 Å². The lowest BCUT2D eigenvalue weighted by Gasteiger charge is -2.27. The van der Waals surface area contributed by atoms with Crippen LogP contribution in [0.25, 0.3) is 11.3 Å². The monoisotopic (exact) mass is 572 g/mol. The Balaban J connectivity index is 1.59. The van der Waals surface area contributed by atoms with Gasteiger partial charge in [-0.15, -0.1) is 0 Å². The van der Waals surface area contributed by atoms with E-state index >= 15 is 0 Å². The first-order valence-electron chi connectivity index (χ1n) is 12.7. The van der Waals surface area contributed by atoms with Crippen LogP contribution < -0.4 is 20.3 Å². The number of amides is 1. The number of hydrogen-bond acceptors (Lipinski definition) is 8. The summed E-state index contributed by atoms with van der Waals surface area (Å²) in [6.45, 7) is -0.107. The summed E-state index contributed by atoms with van der Waals surface area (Å²) in [4.78, 5) is 31.3. The number of ether oxygens (including phenoxy) is 3. The number of rotatable bonds is 9. The molecule has 1 fully saturated rings. The molecule has 0 aliphatic carbocycles. The van der Waals surface area contributed by atoms with Crippen molar-refractivity contribution in [2.24, 2.45) is 0 Å². The fraction of sp³-hybridized carbons (Fsp3) is 0.200. The summed E-state index contributed by atoms with van der Waals surface area (Å²) in [7, 11) is 4.32. The number of furan rings is 1. The van der Waals surface area contributed by atoms with Crippen LogP contribution in [0.4, 0.5) is 11.4 Å². The Hall–Kier alpha value is -4.74. The number of carbonyl (C=O) groups is 2. The zero-order valence-corrected chi connectivity index (χ0v) is 23.4. The van der Waals surface area contributed by atoms with Crippen molar-refractivity contribution in [2.75, 3.05) is 38.2 Å². The minimum absolute atomic E-state index is 0.107. The third kappa shape index (κ3) is 5.63. The van der Waals surface area contributed by atoms with Crippen LogP contribution in [0.15, 0.2) is 83.4 Å². The molecule has 2 atom stereocenters. The van der Waals surface area contributed by atoms with Crippen molar-refractivity contribution < 1.29 is 28.2 Å². The number of benzene rings is 2. The summed E-state index contributed by atoms with van der Waals surface area (Å²) in [6, 6.07) is 21.0. The fourth-order valence-corrected chi connectivity index (χ4v) is 5.17. The van der Waals surface area contributed by atoms with Gasteiger partial charge in [-0.1, -0.05) is 24.3 Å². The molecule has 1 amide bonds. The van der Waals surface area contributed by atoms with Gasteiger partial charge in [0.2, 0.25) is 5.91 Å². The maximum absolute atomic E-state index is 12.4. The number of thiocarbonyl (C=S) groups is 1. The standard InChI is InChI=1S/C30H28N4O6S/c1-37-17-26(35)32-22-16-18(11-12-24(22)38-2)34-28(27(33-30(34)41)21-10-6-7-15-31-21)25-14-13-23(40-25)19-8-4-5-9-20(19)29(36)39-3/h4-16,27-28H,17H2,1-3H3,(H,32,35)(H,33,41)/t27-,28-/m1/s1. The second kappa shape index (κ2) is 12.2. The minimum Gasteiger partial charge on any atom is -0.495 e. The topological polar surface area (TPSA) is 115 Å². The van der Waals surface area contributed by atoms with Crippen LogP contribution >= 0.6 is 12.2 Å². The Labute approximate surface area is 242 Å². The number of nitrogens with one attached hydrogen (secondary N) is 2. The molecule has 0 radical (unpaired) electrons. The number of pyridine rings is 1. The second-order valence-corrected chi connectivity index (χ2v) is 9.49. The van der Waals surface area contributed by atoms with Crippen molar-refractivity contribution in [2.45, 2.75) is 12.1 Å². The SMILES string of the molecule is COCC(=O)Nc1cc(N2C(=S)N[C@H](c3ccccn3)[C@H]2c2ccc(-c3ccccc3C(=O)OC)o2)ccc1OC. The van der Waals surface area contributed by atoms with Gasteiger partial charge in [0.25, 0.3) is 0 Å². The van der Waals surface area contributed by atoms with Crippen molar-refractivity contribution >= 4 is 40.6 Å². The average molecular weight is 573 g/mol. The summed E-state index contributed by atoms with van der Waals surface area (Å²) in [6.07, 6.45) is 1.72. The van der Waals surface area contributed by atoms with Crippen molar-refractivity contribution in [3.8, 4) is 17.1 Å². The molecule has 3 heterocycles. The van der Waals surface area contributed by atoms with Gasteiger partial charge < -0.3 is 34.2 Å². The summed E-state index contributed by atoms with van der Waals surface area (Å²) in [5, 5.41) is 6.66. The van der Waals surface area contributed by atoms with E-state index in [1.807, 2.05) is 47.4 Å². The van der Waals surface area contributed by atoms with Crippen LogP contribution in [-0.4, -0.2) is 49.9 Å². The number of hydrogen-bond donors (Lipinski definition) is 2. The highest BCUT2D eigenvalue weighted by Crippen LogP contribution is 2.44. The molecule has 2 N–H and O–H groups in total. The molecule has 0 bridgehead atoms. The Morgan fingerprint density at radius 1 is 1.05 bits per heavy atom. The van der Waals surface area contributed by atoms with Gasteiger partial charge in [0, 0.05) is 24.6 Å². The number of anilines is 2. The molecule has 0 unspecified atom stereocenters. The van der Waals surface area contributed by atoms with Crippen molar-refractivity contribution in [3.63, 3.8) is 0 Å². The normalized spacial score (nSPS) is 16.3. The van der Waals surface area contributed by atoms with Crippen LogP contribution in [0.3, 0.4) is 0 Å². The smallest absolute Gasteiger partial charge is 0.338 e. The Bertz CT molecular complexity index is 1570. The van der Waals surface area contributed by atoms with Crippen LogP contribution in [0.5, 0.6) is 5.75 Å². The lowest BCUT2D eigenvalue weighted by Crippen LogP contribution is -2.29. The Morgan fingerprint density at radius 2 is 1.85 bits per heavy atom. The van der Waals surface area contributed by atoms with E-state index in [0.717, 1.165) is 5.69 Å². The molecule has 10 nitrogen and oxygen atoms in total. The molecule has 5 rings (SSSR count). The summed E-state index contributed by atoms with van der Waals surface area (Å²) in [5.74, 6) is 0.780. The van der Waals surface area contributed by atoms with Gasteiger partial charge in [-0.05, 0) is 60.7 Å². The zero-order chi connectivity index (χ0) is 28.9. The first kappa shape index (κ1) is 27.8. The molecule has 2 aromatic heterocycles. The molecule has 11 heteroatoms. The van der Waals surface area contributed by atoms with Gasteiger partial charge in [0.1, 0.15) is 29.9 Å². The van der Waals surface area contributed by atoms with Gasteiger partial charge >= 0.3 is 5.97 Å². The predicted octanol–water partition coefficient (Wildman–Crippen LogP) is 4.90. The molecule has 1 aliphatic rings. The minimum atomic E-state index is -0.465. The summed E-state index contributed by atoms with van der Waals surface area (Å²) >= 11 is 5.83. The molecule has 4 aromatic rings. The molecule has 41 heavy (non-hydrogen) atoms. The highest BCUT2D eigenvalue weighted by atomic mass is 32.1. The van der Waals surface area contributed by atoms with E-state index in [1.54, 1.807) is 36.5 Å². The van der Waals surface area contributed by atoms with Gasteiger partial charge in [0.05, 0.1) is 37.2 Å². The van der Waals surface area contributed by atoms with E-state index in [1.165, 1.54) is 21.3 Å². The van der Waals surface area contributed by atoms with Gasteiger partial charge in [-0.3, -0.25) is 9.78 Å². The zero-order valence-electron chi connectivity index (χ0n) is 22.6. The van der Waals surface area contributed by atoms with Gasteiger partial charge in [-0.25, -0.2) is 4.79 Å². The third-order valence-electron chi connectivity index (χ3n) is 6.62. The number of methoxy groups -OCH3 is 3. The van der Waals surface area contributed by atoms with E-state index in [9.17, 15) is 9.59 Å². The van der Waals surface area contributed by atoms with E-state index < -0.39 is 12.0 Å². The maximum atomic E-state index is 12.4. The lowest BCUT2D eigenvalue weighted by atomic mass is 10.0. The van der Waals surface area contributed by atoms with Crippen LogP contribution in [0.2, 0.25) is 0 Å².